The molecule has 2 aromatic rings. The number of hydrogen-bond donors (Lipinski definition) is 3. The van der Waals surface area contributed by atoms with Crippen molar-refractivity contribution in [1.82, 2.24) is 10.0 Å². The highest BCUT2D eigenvalue weighted by atomic mass is 32.2. The smallest absolute Gasteiger partial charge is 0.409 e. The van der Waals surface area contributed by atoms with Gasteiger partial charge in [0.1, 0.15) is 17.5 Å². The Morgan fingerprint density at radius 3 is 2.64 bits per heavy atom. The number of aliphatic hydroxyl groups excluding tert-OH is 1. The van der Waals surface area contributed by atoms with E-state index < -0.39 is 40.3 Å². The maximum absolute atomic E-state index is 14.0. The van der Waals surface area contributed by atoms with Crippen molar-refractivity contribution in [1.29, 1.82) is 0 Å². The van der Waals surface area contributed by atoms with Crippen LogP contribution in [0.4, 0.5) is 4.79 Å². The number of hydrogen-bond acceptors (Lipinski definition) is 9. The van der Waals surface area contributed by atoms with Gasteiger partial charge in [-0.2, -0.15) is 4.72 Å². The molecule has 45 heavy (non-hydrogen) atoms. The summed E-state index contributed by atoms with van der Waals surface area (Å²) in [6, 6.07) is 13.5. The van der Waals surface area contributed by atoms with E-state index in [4.69, 9.17) is 24.5 Å². The molecule has 0 unspecified atom stereocenters. The van der Waals surface area contributed by atoms with Crippen molar-refractivity contribution in [2.75, 3.05) is 26.9 Å². The summed E-state index contributed by atoms with van der Waals surface area (Å²) in [6.45, 7) is 6.53. The molecular formula is C31H43N5O8S. The highest BCUT2D eigenvalue weighted by Crippen LogP contribution is 2.35. The van der Waals surface area contributed by atoms with Gasteiger partial charge in [-0.05, 0) is 72.9 Å². The zero-order chi connectivity index (χ0) is 32.7. The van der Waals surface area contributed by atoms with Crippen molar-refractivity contribution in [2.24, 2.45) is 16.4 Å². The van der Waals surface area contributed by atoms with Crippen molar-refractivity contribution < 1.29 is 37.3 Å². The highest BCUT2D eigenvalue weighted by molar-refractivity contribution is 7.89. The Bertz CT molecular complexity index is 1470. The summed E-state index contributed by atoms with van der Waals surface area (Å²) in [4.78, 5) is 16.1. The van der Waals surface area contributed by atoms with Crippen molar-refractivity contribution in [2.45, 2.75) is 81.9 Å². The van der Waals surface area contributed by atoms with E-state index in [0.29, 0.717) is 49.3 Å². The predicted octanol–water partition coefficient (Wildman–Crippen LogP) is 4.44. The molecule has 2 aromatic carbocycles. The van der Waals surface area contributed by atoms with Crippen LogP contribution in [-0.4, -0.2) is 70.6 Å². The fraction of sp³-hybridized carbons (Fsp3) is 0.581. The van der Waals surface area contributed by atoms with E-state index in [1.165, 1.54) is 20.1 Å². The molecule has 2 aliphatic heterocycles. The van der Waals surface area contributed by atoms with Gasteiger partial charge in [0, 0.05) is 17.9 Å². The van der Waals surface area contributed by atoms with Gasteiger partial charge in [0.05, 0.1) is 37.2 Å². The third kappa shape index (κ3) is 8.87. The molecule has 2 heterocycles. The van der Waals surface area contributed by atoms with Crippen LogP contribution in [0, 0.1) is 11.3 Å². The topological polar surface area (TPSA) is 181 Å². The molecular weight excluding hydrogens is 602 g/mol. The summed E-state index contributed by atoms with van der Waals surface area (Å²) < 4.78 is 53.0. The van der Waals surface area contributed by atoms with Gasteiger partial charge in [0.25, 0.3) is 0 Å². The number of amides is 1. The molecule has 246 valence electrons. The Morgan fingerprint density at radius 2 is 1.96 bits per heavy atom. The lowest BCUT2D eigenvalue weighted by molar-refractivity contribution is -0.0907. The minimum absolute atomic E-state index is 0.0634. The summed E-state index contributed by atoms with van der Waals surface area (Å²) in [7, 11) is -2.82. The van der Waals surface area contributed by atoms with Gasteiger partial charge < -0.3 is 24.1 Å². The molecule has 0 aliphatic carbocycles. The van der Waals surface area contributed by atoms with Gasteiger partial charge in [0.15, 0.2) is 6.29 Å². The molecule has 13 nitrogen and oxygen atoms in total. The number of nitrogens with zero attached hydrogens (tertiary/aromatic N) is 3. The zero-order valence-electron chi connectivity index (χ0n) is 26.1. The molecule has 0 bridgehead atoms. The van der Waals surface area contributed by atoms with Crippen LogP contribution in [0.25, 0.3) is 10.4 Å². The molecule has 5 atom stereocenters. The number of ether oxygens (including phenoxy) is 4. The second-order valence-electron chi connectivity index (χ2n) is 12.4. The van der Waals surface area contributed by atoms with E-state index >= 15 is 0 Å². The molecule has 2 fully saturated rings. The van der Waals surface area contributed by atoms with Gasteiger partial charge in [-0.25, -0.2) is 13.2 Å². The van der Waals surface area contributed by atoms with Crippen molar-refractivity contribution in [3.63, 3.8) is 0 Å². The number of benzene rings is 2. The Balaban J connectivity index is 1.62. The first-order chi connectivity index (χ1) is 21.4. The van der Waals surface area contributed by atoms with E-state index in [1.54, 1.807) is 36.4 Å². The number of carbonyl (C=O) groups is 1. The lowest BCUT2D eigenvalue weighted by atomic mass is 9.81. The second-order valence-corrected chi connectivity index (χ2v) is 14.1. The SMILES string of the molecule is COc1ccc(S(=O)(=O)N[C@](Cc2ccccc2)(NC(=O)O[C@@H]2CO[C@@H]3OCC[C@@H]32)[C@@H](C)O)cc1CC(C)(C)CCCN=[N+]=[N-]. The summed E-state index contributed by atoms with van der Waals surface area (Å²) >= 11 is 0. The van der Waals surface area contributed by atoms with Crippen LogP contribution >= 0.6 is 0 Å². The van der Waals surface area contributed by atoms with E-state index in [-0.39, 0.29) is 29.3 Å². The second kappa shape index (κ2) is 14.8. The largest absolute Gasteiger partial charge is 0.496 e. The molecule has 1 amide bonds. The number of rotatable bonds is 15. The standard InChI is InChI=1S/C31H43N5O8S/c1-21(37)31(18-22-9-6-5-7-10-22,34-29(38)44-27-20-43-28-25(27)13-16-42-28)35-45(39,40)24-11-12-26(41-4)23(17-24)19-30(2,3)14-8-15-33-36-32/h5-7,9-12,17,21,25,27-28,35,37H,8,13-16,18-20H2,1-4H3,(H,34,38)/t21-,25-,27-,28+,31+/m1/s1. The van der Waals surface area contributed by atoms with Crippen LogP contribution in [0.15, 0.2) is 58.5 Å². The number of azide groups is 1. The average Bonchev–Trinajstić information content (AvgIpc) is 3.60. The first-order valence-corrected chi connectivity index (χ1v) is 16.5. The Morgan fingerprint density at radius 1 is 1.20 bits per heavy atom. The zero-order valence-corrected chi connectivity index (χ0v) is 27.0. The molecule has 4 rings (SSSR count). The maximum Gasteiger partial charge on any atom is 0.409 e. The van der Waals surface area contributed by atoms with Crippen LogP contribution in [0.3, 0.4) is 0 Å². The van der Waals surface area contributed by atoms with Crippen molar-refractivity contribution >= 4 is 16.1 Å². The summed E-state index contributed by atoms with van der Waals surface area (Å²) in [5.41, 5.74) is 7.78. The van der Waals surface area contributed by atoms with Crippen LogP contribution in [-0.2, 0) is 37.1 Å². The number of sulfonamides is 1. The lowest BCUT2D eigenvalue weighted by Gasteiger charge is -2.38. The number of carbonyl (C=O) groups excluding carboxylic acids is 1. The molecule has 0 aromatic heterocycles. The fourth-order valence-corrected chi connectivity index (χ4v) is 7.33. The van der Waals surface area contributed by atoms with E-state index in [9.17, 15) is 18.3 Å². The van der Waals surface area contributed by atoms with Crippen molar-refractivity contribution in [3.8, 4) is 5.75 Å². The minimum atomic E-state index is -4.33. The van der Waals surface area contributed by atoms with Crippen LogP contribution in [0.2, 0.25) is 0 Å². The molecule has 2 saturated heterocycles. The Labute approximate surface area is 264 Å². The maximum atomic E-state index is 14.0. The van der Waals surface area contributed by atoms with Gasteiger partial charge in [-0.3, -0.25) is 5.32 Å². The van der Waals surface area contributed by atoms with E-state index in [1.807, 2.05) is 19.9 Å². The first kappa shape index (κ1) is 34.5. The summed E-state index contributed by atoms with van der Waals surface area (Å²) in [6.07, 6.45) is -0.784. The Hall–Kier alpha value is -3.39. The number of alkyl carbamates (subject to hydrolysis) is 1. The minimum Gasteiger partial charge on any atom is -0.496 e. The highest BCUT2D eigenvalue weighted by Gasteiger charge is 2.46. The number of methoxy groups -OCH3 is 1. The summed E-state index contributed by atoms with van der Waals surface area (Å²) in [5, 5.41) is 17.4. The van der Waals surface area contributed by atoms with Gasteiger partial charge in [0.2, 0.25) is 10.0 Å². The van der Waals surface area contributed by atoms with Gasteiger partial charge in [-0.1, -0.05) is 49.3 Å². The van der Waals surface area contributed by atoms with Crippen molar-refractivity contribution in [3.05, 3.63) is 70.1 Å². The molecule has 3 N–H and O–H groups in total. The van der Waals surface area contributed by atoms with Gasteiger partial charge >= 0.3 is 6.09 Å². The fourth-order valence-electron chi connectivity index (χ4n) is 5.89. The number of nitrogens with one attached hydrogen (secondary N) is 2. The summed E-state index contributed by atoms with van der Waals surface area (Å²) in [5.74, 6) is 0.404. The van der Waals surface area contributed by atoms with E-state index in [0.717, 1.165) is 6.42 Å². The van der Waals surface area contributed by atoms with Crippen LogP contribution < -0.4 is 14.8 Å². The van der Waals surface area contributed by atoms with Gasteiger partial charge in [-0.15, -0.1) is 0 Å². The monoisotopic (exact) mass is 645 g/mol. The lowest BCUT2D eigenvalue weighted by Crippen LogP contribution is -2.68. The molecule has 0 radical (unpaired) electrons. The number of fused-ring (bicyclic) bond motifs is 1. The number of aliphatic hydroxyl groups is 1. The molecule has 14 heteroatoms. The normalized spacial score (nSPS) is 21.7. The third-order valence-electron chi connectivity index (χ3n) is 8.33. The van der Waals surface area contributed by atoms with Crippen LogP contribution in [0.1, 0.15) is 51.2 Å². The van der Waals surface area contributed by atoms with E-state index in [2.05, 4.69) is 20.1 Å². The Kier molecular flexibility index (Phi) is 11.3. The third-order valence-corrected chi connectivity index (χ3v) is 9.84. The molecule has 0 saturated carbocycles. The molecule has 0 spiro atoms. The first-order valence-electron chi connectivity index (χ1n) is 15.0. The molecule has 2 aliphatic rings. The quantitative estimate of drug-likeness (QED) is 0.0835. The average molecular weight is 646 g/mol. The van der Waals surface area contributed by atoms with Crippen LogP contribution in [0.5, 0.6) is 5.75 Å². The predicted molar refractivity (Wildman–Crippen MR) is 166 cm³/mol.